The molecular formula is C18H20O2. The van der Waals surface area contributed by atoms with Crippen molar-refractivity contribution in [3.63, 3.8) is 0 Å². The zero-order valence-electron chi connectivity index (χ0n) is 12.0. The number of hydrogen-bond donors (Lipinski definition) is 0. The van der Waals surface area contributed by atoms with Gasteiger partial charge in [0.2, 0.25) is 0 Å². The first kappa shape index (κ1) is 14.3. The molecule has 20 heavy (non-hydrogen) atoms. The Morgan fingerprint density at radius 2 is 1.60 bits per heavy atom. The molecule has 0 N–H and O–H groups in total. The van der Waals surface area contributed by atoms with E-state index in [1.165, 1.54) is 5.56 Å². The summed E-state index contributed by atoms with van der Waals surface area (Å²) in [5, 5.41) is 0. The van der Waals surface area contributed by atoms with Crippen molar-refractivity contribution in [2.45, 2.75) is 26.7 Å². The maximum absolute atomic E-state index is 11.8. The number of carbonyl (C=O) groups is 1. The highest BCUT2D eigenvalue weighted by Gasteiger charge is 2.06. The minimum atomic E-state index is -0.229. The Morgan fingerprint density at radius 3 is 2.20 bits per heavy atom. The van der Waals surface area contributed by atoms with Gasteiger partial charge >= 0.3 is 5.97 Å². The molecule has 0 atom stereocenters. The second-order valence-electron chi connectivity index (χ2n) is 5.38. The van der Waals surface area contributed by atoms with E-state index in [-0.39, 0.29) is 5.97 Å². The molecule has 2 rings (SSSR count). The zero-order valence-corrected chi connectivity index (χ0v) is 12.0. The van der Waals surface area contributed by atoms with E-state index in [1.807, 2.05) is 54.6 Å². The van der Waals surface area contributed by atoms with Gasteiger partial charge in [0.05, 0.1) is 6.42 Å². The summed E-state index contributed by atoms with van der Waals surface area (Å²) in [6, 6.07) is 17.4. The van der Waals surface area contributed by atoms with E-state index in [0.717, 1.165) is 12.0 Å². The lowest BCUT2D eigenvalue weighted by atomic mass is 10.0. The fraction of sp³-hybridized carbons (Fsp3) is 0.278. The van der Waals surface area contributed by atoms with E-state index in [1.54, 1.807) is 0 Å². The number of benzene rings is 2. The van der Waals surface area contributed by atoms with Crippen LogP contribution in [0.5, 0.6) is 5.75 Å². The highest BCUT2D eigenvalue weighted by molar-refractivity contribution is 5.75. The predicted octanol–water partition coefficient (Wildman–Crippen LogP) is 4.03. The van der Waals surface area contributed by atoms with Gasteiger partial charge in [-0.05, 0) is 35.6 Å². The molecule has 0 saturated carbocycles. The summed E-state index contributed by atoms with van der Waals surface area (Å²) >= 11 is 0. The van der Waals surface area contributed by atoms with Crippen LogP contribution in [0, 0.1) is 5.92 Å². The smallest absolute Gasteiger partial charge is 0.315 e. The fourth-order valence-electron chi connectivity index (χ4n) is 2.10. The molecule has 0 saturated heterocycles. The average Bonchev–Trinajstić information content (AvgIpc) is 2.41. The lowest BCUT2D eigenvalue weighted by Crippen LogP contribution is -2.11. The lowest BCUT2D eigenvalue weighted by Gasteiger charge is -2.07. The molecule has 0 unspecified atom stereocenters. The lowest BCUT2D eigenvalue weighted by molar-refractivity contribution is -0.133. The monoisotopic (exact) mass is 268 g/mol. The van der Waals surface area contributed by atoms with E-state index >= 15 is 0 Å². The molecule has 2 nitrogen and oxygen atoms in total. The van der Waals surface area contributed by atoms with Crippen LogP contribution < -0.4 is 4.74 Å². The van der Waals surface area contributed by atoms with Crippen molar-refractivity contribution in [1.82, 2.24) is 0 Å². The van der Waals surface area contributed by atoms with Crippen LogP contribution in [0.2, 0.25) is 0 Å². The third-order valence-corrected chi connectivity index (χ3v) is 2.99. The SMILES string of the molecule is CC(C)Cc1ccc(OC(=O)Cc2ccccc2)cc1. The van der Waals surface area contributed by atoms with E-state index in [0.29, 0.717) is 18.1 Å². The molecule has 0 spiro atoms. The summed E-state index contributed by atoms with van der Waals surface area (Å²) < 4.78 is 5.34. The Kier molecular flexibility index (Phi) is 4.94. The molecule has 2 aromatic rings. The van der Waals surface area contributed by atoms with Gasteiger partial charge in [-0.25, -0.2) is 0 Å². The van der Waals surface area contributed by atoms with E-state index < -0.39 is 0 Å². The van der Waals surface area contributed by atoms with Gasteiger partial charge in [0.1, 0.15) is 5.75 Å². The number of esters is 1. The zero-order chi connectivity index (χ0) is 14.4. The minimum absolute atomic E-state index is 0.229. The van der Waals surface area contributed by atoms with Crippen molar-refractivity contribution in [1.29, 1.82) is 0 Å². The molecule has 0 aliphatic carbocycles. The number of hydrogen-bond acceptors (Lipinski definition) is 2. The topological polar surface area (TPSA) is 26.3 Å². The van der Waals surface area contributed by atoms with Crippen molar-refractivity contribution in [2.75, 3.05) is 0 Å². The van der Waals surface area contributed by atoms with Crippen LogP contribution in [0.3, 0.4) is 0 Å². The molecule has 2 aromatic carbocycles. The maximum atomic E-state index is 11.8. The van der Waals surface area contributed by atoms with Crippen LogP contribution in [0.25, 0.3) is 0 Å². The van der Waals surface area contributed by atoms with Crippen LogP contribution in [0.1, 0.15) is 25.0 Å². The molecule has 0 aliphatic rings. The summed E-state index contributed by atoms with van der Waals surface area (Å²) in [4.78, 5) is 11.8. The summed E-state index contributed by atoms with van der Waals surface area (Å²) in [7, 11) is 0. The fourth-order valence-corrected chi connectivity index (χ4v) is 2.10. The second-order valence-corrected chi connectivity index (χ2v) is 5.38. The first-order valence-electron chi connectivity index (χ1n) is 6.97. The van der Waals surface area contributed by atoms with Gasteiger partial charge in [-0.3, -0.25) is 4.79 Å². The van der Waals surface area contributed by atoms with Crippen LogP contribution in [-0.2, 0) is 17.6 Å². The van der Waals surface area contributed by atoms with Crippen molar-refractivity contribution >= 4 is 5.97 Å². The highest BCUT2D eigenvalue weighted by atomic mass is 16.5. The number of rotatable bonds is 5. The largest absolute Gasteiger partial charge is 0.426 e. The Labute approximate surface area is 120 Å². The summed E-state index contributed by atoms with van der Waals surface area (Å²) in [5.41, 5.74) is 2.23. The van der Waals surface area contributed by atoms with Crippen molar-refractivity contribution < 1.29 is 9.53 Å². The van der Waals surface area contributed by atoms with Gasteiger partial charge in [0, 0.05) is 0 Å². The van der Waals surface area contributed by atoms with Gasteiger partial charge in [-0.1, -0.05) is 56.3 Å². The Hall–Kier alpha value is -2.09. The maximum Gasteiger partial charge on any atom is 0.315 e. The molecule has 2 heteroatoms. The summed E-state index contributed by atoms with van der Waals surface area (Å²) in [6.07, 6.45) is 1.34. The first-order valence-corrected chi connectivity index (χ1v) is 6.97. The van der Waals surface area contributed by atoms with Gasteiger partial charge in [0.25, 0.3) is 0 Å². The molecular weight excluding hydrogens is 248 g/mol. The quantitative estimate of drug-likeness (QED) is 0.604. The number of carbonyl (C=O) groups excluding carboxylic acids is 1. The Balaban J connectivity index is 1.91. The average molecular weight is 268 g/mol. The molecule has 0 radical (unpaired) electrons. The van der Waals surface area contributed by atoms with Crippen molar-refractivity contribution in [2.24, 2.45) is 5.92 Å². The van der Waals surface area contributed by atoms with Gasteiger partial charge in [-0.15, -0.1) is 0 Å². The Morgan fingerprint density at radius 1 is 0.950 bits per heavy atom. The highest BCUT2D eigenvalue weighted by Crippen LogP contribution is 2.15. The normalized spacial score (nSPS) is 10.6. The van der Waals surface area contributed by atoms with Crippen LogP contribution >= 0.6 is 0 Å². The van der Waals surface area contributed by atoms with Crippen molar-refractivity contribution in [3.05, 3.63) is 65.7 Å². The molecule has 0 heterocycles. The third-order valence-electron chi connectivity index (χ3n) is 2.99. The Bertz CT molecular complexity index is 541. The summed E-state index contributed by atoms with van der Waals surface area (Å²) in [6.45, 7) is 4.38. The standard InChI is InChI=1S/C18H20O2/c1-14(2)12-16-8-10-17(11-9-16)20-18(19)13-15-6-4-3-5-7-15/h3-11,14H,12-13H2,1-2H3. The third kappa shape index (κ3) is 4.54. The summed E-state index contributed by atoms with van der Waals surface area (Å²) in [5.74, 6) is 1.01. The van der Waals surface area contributed by atoms with E-state index in [2.05, 4.69) is 13.8 Å². The first-order chi connectivity index (χ1) is 9.63. The molecule has 0 aromatic heterocycles. The van der Waals surface area contributed by atoms with Crippen molar-refractivity contribution in [3.8, 4) is 5.75 Å². The van der Waals surface area contributed by atoms with Gasteiger partial charge in [0.15, 0.2) is 0 Å². The molecule has 104 valence electrons. The van der Waals surface area contributed by atoms with E-state index in [9.17, 15) is 4.79 Å². The van der Waals surface area contributed by atoms with Crippen LogP contribution in [0.15, 0.2) is 54.6 Å². The van der Waals surface area contributed by atoms with Gasteiger partial charge in [-0.2, -0.15) is 0 Å². The second kappa shape index (κ2) is 6.90. The molecule has 0 fully saturated rings. The van der Waals surface area contributed by atoms with E-state index in [4.69, 9.17) is 4.74 Å². The van der Waals surface area contributed by atoms with Gasteiger partial charge < -0.3 is 4.74 Å². The number of ether oxygens (including phenoxy) is 1. The molecule has 0 aliphatic heterocycles. The molecule has 0 amide bonds. The molecule has 0 bridgehead atoms. The van der Waals surface area contributed by atoms with Crippen LogP contribution in [-0.4, -0.2) is 5.97 Å². The minimum Gasteiger partial charge on any atom is -0.426 e. The van der Waals surface area contributed by atoms with Crippen LogP contribution in [0.4, 0.5) is 0 Å². The predicted molar refractivity (Wildman–Crippen MR) is 80.8 cm³/mol.